The van der Waals surface area contributed by atoms with Crippen LogP contribution >= 0.6 is 0 Å². The summed E-state index contributed by atoms with van der Waals surface area (Å²) in [6.07, 6.45) is 1.64. The van der Waals surface area contributed by atoms with Crippen LogP contribution in [-0.4, -0.2) is 4.98 Å². The van der Waals surface area contributed by atoms with E-state index < -0.39 is 0 Å². The highest BCUT2D eigenvalue weighted by Crippen LogP contribution is 2.16. The van der Waals surface area contributed by atoms with Crippen LogP contribution in [0.25, 0.3) is 10.9 Å². The maximum Gasteiger partial charge on any atom is 0.129 e. The van der Waals surface area contributed by atoms with Gasteiger partial charge in [0.05, 0.1) is 5.52 Å². The van der Waals surface area contributed by atoms with Crippen molar-refractivity contribution in [1.29, 1.82) is 0 Å². The Labute approximate surface area is 75.2 Å². The van der Waals surface area contributed by atoms with Crippen molar-refractivity contribution in [3.05, 3.63) is 41.8 Å². The number of nitrogens with two attached hydrogens (primary N) is 1. The van der Waals surface area contributed by atoms with Gasteiger partial charge >= 0.3 is 0 Å². The van der Waals surface area contributed by atoms with E-state index in [2.05, 4.69) is 4.98 Å². The molecule has 0 aliphatic heterocycles. The molecule has 1 aromatic heterocycles. The van der Waals surface area contributed by atoms with Gasteiger partial charge in [0.2, 0.25) is 0 Å². The third-order valence-electron chi connectivity index (χ3n) is 1.99. The number of aromatic nitrogens is 1. The summed E-state index contributed by atoms with van der Waals surface area (Å²) in [5.74, 6) is -0.284. The van der Waals surface area contributed by atoms with Gasteiger partial charge in [0.15, 0.2) is 0 Å². The quantitative estimate of drug-likeness (QED) is 0.720. The van der Waals surface area contributed by atoms with Gasteiger partial charge in [-0.3, -0.25) is 4.98 Å². The van der Waals surface area contributed by atoms with Crippen LogP contribution in [0.3, 0.4) is 0 Å². The number of hydrogen-bond acceptors (Lipinski definition) is 2. The molecule has 0 aliphatic rings. The summed E-state index contributed by atoms with van der Waals surface area (Å²) in [5.41, 5.74) is 6.57. The van der Waals surface area contributed by atoms with Gasteiger partial charge in [-0.05, 0) is 12.1 Å². The van der Waals surface area contributed by atoms with E-state index in [1.165, 1.54) is 6.07 Å². The summed E-state index contributed by atoms with van der Waals surface area (Å²) in [7, 11) is 0. The summed E-state index contributed by atoms with van der Waals surface area (Å²) in [6, 6.07) is 6.86. The molecule has 0 fully saturated rings. The molecule has 1 heterocycles. The zero-order valence-corrected chi connectivity index (χ0v) is 7.00. The third-order valence-corrected chi connectivity index (χ3v) is 1.99. The van der Waals surface area contributed by atoms with Crippen molar-refractivity contribution in [3.63, 3.8) is 0 Å². The first kappa shape index (κ1) is 8.13. The van der Waals surface area contributed by atoms with Gasteiger partial charge in [-0.15, -0.1) is 0 Å². The lowest BCUT2D eigenvalue weighted by Gasteiger charge is -2.01. The summed E-state index contributed by atoms with van der Waals surface area (Å²) in [5, 5.41) is 0.921. The fourth-order valence-electron chi connectivity index (χ4n) is 1.30. The average molecular weight is 176 g/mol. The summed E-state index contributed by atoms with van der Waals surface area (Å²) < 4.78 is 13.2. The van der Waals surface area contributed by atoms with Gasteiger partial charge < -0.3 is 5.73 Å². The van der Waals surface area contributed by atoms with E-state index in [0.717, 1.165) is 5.39 Å². The van der Waals surface area contributed by atoms with Gasteiger partial charge in [0.25, 0.3) is 0 Å². The van der Waals surface area contributed by atoms with E-state index in [9.17, 15) is 4.39 Å². The van der Waals surface area contributed by atoms with E-state index in [-0.39, 0.29) is 12.4 Å². The molecule has 3 heteroatoms. The number of pyridine rings is 1. The van der Waals surface area contributed by atoms with Crippen LogP contribution < -0.4 is 5.73 Å². The van der Waals surface area contributed by atoms with Crippen molar-refractivity contribution >= 4 is 10.9 Å². The highest BCUT2D eigenvalue weighted by Gasteiger charge is 2.02. The maximum absolute atomic E-state index is 13.2. The predicted octanol–water partition coefficient (Wildman–Crippen LogP) is 1.83. The molecule has 0 radical (unpaired) electrons. The zero-order valence-electron chi connectivity index (χ0n) is 7.00. The number of hydrogen-bond donors (Lipinski definition) is 1. The zero-order chi connectivity index (χ0) is 9.26. The molecule has 2 N–H and O–H groups in total. The van der Waals surface area contributed by atoms with Crippen molar-refractivity contribution < 1.29 is 4.39 Å². The summed E-state index contributed by atoms with van der Waals surface area (Å²) in [4.78, 5) is 4.04. The van der Waals surface area contributed by atoms with Gasteiger partial charge in [-0.2, -0.15) is 0 Å². The van der Waals surface area contributed by atoms with E-state index in [1.807, 2.05) is 12.1 Å². The first-order valence-electron chi connectivity index (χ1n) is 4.04. The minimum Gasteiger partial charge on any atom is -0.326 e. The van der Waals surface area contributed by atoms with Gasteiger partial charge in [0, 0.05) is 29.8 Å². The van der Waals surface area contributed by atoms with Crippen LogP contribution in [0.4, 0.5) is 4.39 Å². The fraction of sp³-hybridized carbons (Fsp3) is 0.100. The van der Waals surface area contributed by atoms with Crippen molar-refractivity contribution in [2.45, 2.75) is 6.54 Å². The Balaban J connectivity index is 2.74. The molecular formula is C10H9FN2. The second-order valence-electron chi connectivity index (χ2n) is 2.84. The smallest absolute Gasteiger partial charge is 0.129 e. The Bertz CT molecular complexity index is 440. The van der Waals surface area contributed by atoms with Crippen LogP contribution in [0.5, 0.6) is 0 Å². The normalized spacial score (nSPS) is 10.6. The fourth-order valence-corrected chi connectivity index (χ4v) is 1.30. The molecule has 2 rings (SSSR count). The number of benzene rings is 1. The van der Waals surface area contributed by atoms with Crippen LogP contribution in [-0.2, 0) is 6.54 Å². The number of rotatable bonds is 1. The molecule has 0 atom stereocenters. The first-order valence-corrected chi connectivity index (χ1v) is 4.04. The van der Waals surface area contributed by atoms with E-state index in [1.54, 1.807) is 12.3 Å². The minimum atomic E-state index is -0.284. The van der Waals surface area contributed by atoms with E-state index in [4.69, 9.17) is 5.73 Å². The molecule has 66 valence electrons. The predicted molar refractivity (Wildman–Crippen MR) is 49.6 cm³/mol. The molecule has 0 bridgehead atoms. The first-order chi connectivity index (χ1) is 6.31. The Morgan fingerprint density at radius 3 is 3.00 bits per heavy atom. The summed E-state index contributed by atoms with van der Waals surface area (Å²) in [6.45, 7) is 0.219. The van der Waals surface area contributed by atoms with Crippen molar-refractivity contribution in [2.24, 2.45) is 5.73 Å². The standard InChI is InChI=1S/C10H9FN2/c11-9-5-10-7(2-1-3-13-10)4-8(9)6-12/h1-5H,6,12H2. The van der Waals surface area contributed by atoms with Crippen LogP contribution in [0.2, 0.25) is 0 Å². The monoisotopic (exact) mass is 176 g/mol. The van der Waals surface area contributed by atoms with Crippen molar-refractivity contribution in [2.75, 3.05) is 0 Å². The number of nitrogens with zero attached hydrogens (tertiary/aromatic N) is 1. The second kappa shape index (κ2) is 3.11. The van der Waals surface area contributed by atoms with Crippen LogP contribution in [0, 0.1) is 5.82 Å². The van der Waals surface area contributed by atoms with Gasteiger partial charge in [-0.25, -0.2) is 4.39 Å². The summed E-state index contributed by atoms with van der Waals surface area (Å²) >= 11 is 0. The molecule has 0 amide bonds. The molecular weight excluding hydrogens is 167 g/mol. The Hall–Kier alpha value is -1.48. The molecule has 0 aliphatic carbocycles. The Morgan fingerprint density at radius 2 is 2.23 bits per heavy atom. The molecule has 0 saturated heterocycles. The lowest BCUT2D eigenvalue weighted by Crippen LogP contribution is -1.99. The highest BCUT2D eigenvalue weighted by atomic mass is 19.1. The van der Waals surface area contributed by atoms with Crippen LogP contribution in [0.15, 0.2) is 30.5 Å². The molecule has 0 unspecified atom stereocenters. The van der Waals surface area contributed by atoms with E-state index >= 15 is 0 Å². The number of fused-ring (bicyclic) bond motifs is 1. The molecule has 2 aromatic rings. The maximum atomic E-state index is 13.2. The Morgan fingerprint density at radius 1 is 1.38 bits per heavy atom. The molecule has 0 spiro atoms. The van der Waals surface area contributed by atoms with Crippen molar-refractivity contribution in [1.82, 2.24) is 4.98 Å². The second-order valence-corrected chi connectivity index (χ2v) is 2.84. The van der Waals surface area contributed by atoms with E-state index in [0.29, 0.717) is 11.1 Å². The average Bonchev–Trinajstić information content (AvgIpc) is 2.17. The SMILES string of the molecule is NCc1cc2cccnc2cc1F. The molecule has 13 heavy (non-hydrogen) atoms. The molecule has 1 aromatic carbocycles. The van der Waals surface area contributed by atoms with Gasteiger partial charge in [0.1, 0.15) is 5.82 Å². The third kappa shape index (κ3) is 1.38. The highest BCUT2D eigenvalue weighted by molar-refractivity contribution is 5.79. The van der Waals surface area contributed by atoms with Gasteiger partial charge in [-0.1, -0.05) is 6.07 Å². The Kier molecular flexibility index (Phi) is 1.94. The largest absolute Gasteiger partial charge is 0.326 e. The van der Waals surface area contributed by atoms with Crippen LogP contribution in [0.1, 0.15) is 5.56 Å². The lowest BCUT2D eigenvalue weighted by atomic mass is 10.1. The molecule has 0 saturated carbocycles. The lowest BCUT2D eigenvalue weighted by molar-refractivity contribution is 0.612. The topological polar surface area (TPSA) is 38.9 Å². The van der Waals surface area contributed by atoms with Crippen molar-refractivity contribution in [3.8, 4) is 0 Å². The number of halogens is 1. The minimum absolute atomic E-state index is 0.219. The molecule has 2 nitrogen and oxygen atoms in total.